The fourth-order valence-electron chi connectivity index (χ4n) is 2.34. The van der Waals surface area contributed by atoms with Crippen molar-refractivity contribution in [2.75, 3.05) is 26.7 Å². The second-order valence-electron chi connectivity index (χ2n) is 5.26. The van der Waals surface area contributed by atoms with E-state index < -0.39 is 4.92 Å². The summed E-state index contributed by atoms with van der Waals surface area (Å²) in [5.74, 6) is 0.354. The Labute approximate surface area is 117 Å². The number of nitrogens with one attached hydrogen (secondary N) is 1. The Bertz CT molecular complexity index is 479. The van der Waals surface area contributed by atoms with Gasteiger partial charge in [-0.25, -0.2) is 0 Å². The number of rotatable bonds is 4. The molecule has 0 aromatic heterocycles. The van der Waals surface area contributed by atoms with Crippen molar-refractivity contribution in [3.63, 3.8) is 0 Å². The van der Waals surface area contributed by atoms with Gasteiger partial charge in [-0.15, -0.1) is 0 Å². The van der Waals surface area contributed by atoms with E-state index in [1.165, 1.54) is 24.3 Å². The first-order chi connectivity index (χ1) is 9.56. The van der Waals surface area contributed by atoms with E-state index in [1.807, 2.05) is 0 Å². The van der Waals surface area contributed by atoms with Crippen LogP contribution >= 0.6 is 0 Å². The molecule has 108 valence electrons. The summed E-state index contributed by atoms with van der Waals surface area (Å²) in [5.41, 5.74) is 0.459. The van der Waals surface area contributed by atoms with Crippen molar-refractivity contribution in [3.8, 4) is 0 Å². The molecule has 0 aliphatic carbocycles. The largest absolute Gasteiger partial charge is 0.352 e. The van der Waals surface area contributed by atoms with Crippen molar-refractivity contribution in [3.05, 3.63) is 39.9 Å². The van der Waals surface area contributed by atoms with Crippen molar-refractivity contribution < 1.29 is 9.72 Å². The first-order valence-electron chi connectivity index (χ1n) is 6.77. The maximum atomic E-state index is 11.9. The minimum atomic E-state index is -0.472. The van der Waals surface area contributed by atoms with Crippen LogP contribution in [0.4, 0.5) is 5.69 Å². The van der Waals surface area contributed by atoms with Gasteiger partial charge in [0, 0.05) is 24.2 Å². The van der Waals surface area contributed by atoms with Gasteiger partial charge in [-0.2, -0.15) is 0 Å². The number of hydrogen-bond donors (Lipinski definition) is 1. The Balaban J connectivity index is 1.84. The first-order valence-corrected chi connectivity index (χ1v) is 6.77. The van der Waals surface area contributed by atoms with Gasteiger partial charge in [0.05, 0.1) is 4.92 Å². The van der Waals surface area contributed by atoms with Crippen molar-refractivity contribution >= 4 is 11.6 Å². The highest BCUT2D eigenvalue weighted by molar-refractivity contribution is 5.94. The van der Waals surface area contributed by atoms with Gasteiger partial charge < -0.3 is 10.2 Å². The maximum absolute atomic E-state index is 11.9. The summed E-state index contributed by atoms with van der Waals surface area (Å²) in [6.45, 7) is 2.81. The Kier molecular flexibility index (Phi) is 4.68. The number of amides is 1. The number of nitro benzene ring substituents is 1. The van der Waals surface area contributed by atoms with Crippen molar-refractivity contribution in [2.45, 2.75) is 12.8 Å². The van der Waals surface area contributed by atoms with Crippen molar-refractivity contribution in [1.29, 1.82) is 0 Å². The molecule has 1 fully saturated rings. The van der Waals surface area contributed by atoms with Crippen molar-refractivity contribution in [2.24, 2.45) is 5.92 Å². The number of piperidine rings is 1. The van der Waals surface area contributed by atoms with Gasteiger partial charge in [0.1, 0.15) is 0 Å². The molecular formula is C14H19N3O3. The topological polar surface area (TPSA) is 75.5 Å². The molecule has 20 heavy (non-hydrogen) atoms. The third-order valence-electron chi connectivity index (χ3n) is 3.73. The molecule has 1 saturated heterocycles. The molecule has 1 aromatic carbocycles. The molecule has 0 bridgehead atoms. The Hall–Kier alpha value is -1.95. The number of likely N-dealkylation sites (tertiary alicyclic amines) is 1. The number of nitrogens with zero attached hydrogens (tertiary/aromatic N) is 2. The Morgan fingerprint density at radius 1 is 1.35 bits per heavy atom. The summed E-state index contributed by atoms with van der Waals surface area (Å²) >= 11 is 0. The summed E-state index contributed by atoms with van der Waals surface area (Å²) in [6, 6.07) is 5.68. The molecule has 1 aliphatic heterocycles. The highest BCUT2D eigenvalue weighted by Crippen LogP contribution is 2.15. The molecule has 6 nitrogen and oxygen atoms in total. The lowest BCUT2D eigenvalue weighted by Crippen LogP contribution is -2.36. The molecule has 0 spiro atoms. The summed E-state index contributed by atoms with van der Waals surface area (Å²) in [7, 11) is 2.10. The lowest BCUT2D eigenvalue weighted by atomic mass is 9.97. The zero-order chi connectivity index (χ0) is 14.5. The number of carbonyl (C=O) groups is 1. The second-order valence-corrected chi connectivity index (χ2v) is 5.26. The number of hydrogen-bond acceptors (Lipinski definition) is 4. The van der Waals surface area contributed by atoms with Gasteiger partial charge in [0.25, 0.3) is 11.6 Å². The minimum Gasteiger partial charge on any atom is -0.352 e. The van der Waals surface area contributed by atoms with Gasteiger partial charge in [0.15, 0.2) is 0 Å². The average molecular weight is 277 g/mol. The molecule has 1 heterocycles. The summed E-state index contributed by atoms with van der Waals surface area (Å²) in [5, 5.41) is 13.4. The van der Waals surface area contributed by atoms with E-state index in [0.717, 1.165) is 25.9 Å². The van der Waals surface area contributed by atoms with Gasteiger partial charge >= 0.3 is 0 Å². The van der Waals surface area contributed by atoms with Crippen molar-refractivity contribution in [1.82, 2.24) is 10.2 Å². The SMILES string of the molecule is CN1CCC(CNC(=O)c2ccc([N+](=O)[O-])cc2)CC1. The molecule has 1 amide bonds. The van der Waals surface area contributed by atoms with Crippen LogP contribution in [0.3, 0.4) is 0 Å². The summed E-state index contributed by atoms with van der Waals surface area (Å²) in [6.07, 6.45) is 2.19. The standard InChI is InChI=1S/C14H19N3O3/c1-16-8-6-11(7-9-16)10-15-14(18)12-2-4-13(5-3-12)17(19)20/h2-5,11H,6-10H2,1H3,(H,15,18). The molecule has 6 heteroatoms. The molecule has 0 radical (unpaired) electrons. The molecule has 1 aliphatic rings. The summed E-state index contributed by atoms with van der Waals surface area (Å²) < 4.78 is 0. The van der Waals surface area contributed by atoms with Crippen LogP contribution in [0.5, 0.6) is 0 Å². The first kappa shape index (κ1) is 14.5. The Morgan fingerprint density at radius 2 is 1.95 bits per heavy atom. The minimum absolute atomic E-state index is 0.00290. The second kappa shape index (κ2) is 6.47. The third kappa shape index (κ3) is 3.77. The van der Waals surface area contributed by atoms with E-state index in [9.17, 15) is 14.9 Å². The smallest absolute Gasteiger partial charge is 0.269 e. The number of nitro groups is 1. The predicted octanol–water partition coefficient (Wildman–Crippen LogP) is 1.67. The molecule has 0 saturated carbocycles. The van der Waals surface area contributed by atoms with Crippen LogP contribution in [0.1, 0.15) is 23.2 Å². The molecular weight excluding hydrogens is 258 g/mol. The van der Waals surface area contributed by atoms with Crippen LogP contribution in [0.15, 0.2) is 24.3 Å². The number of carbonyl (C=O) groups excluding carboxylic acids is 1. The van der Waals surface area contributed by atoms with E-state index >= 15 is 0 Å². The van der Waals surface area contributed by atoms with Crippen LogP contribution in [-0.4, -0.2) is 42.4 Å². The molecule has 2 rings (SSSR count). The highest BCUT2D eigenvalue weighted by Gasteiger charge is 2.17. The zero-order valence-electron chi connectivity index (χ0n) is 11.5. The molecule has 1 aromatic rings. The van der Waals surface area contributed by atoms with Gasteiger partial charge in [0.2, 0.25) is 0 Å². The van der Waals surface area contributed by atoms with E-state index in [-0.39, 0.29) is 11.6 Å². The molecule has 0 atom stereocenters. The average Bonchev–Trinajstić information content (AvgIpc) is 2.46. The fourth-order valence-corrected chi connectivity index (χ4v) is 2.34. The number of benzene rings is 1. The van der Waals surface area contributed by atoms with Gasteiger partial charge in [-0.1, -0.05) is 0 Å². The van der Waals surface area contributed by atoms with Crippen LogP contribution < -0.4 is 5.32 Å². The van der Waals surface area contributed by atoms with Crippen LogP contribution in [-0.2, 0) is 0 Å². The number of non-ortho nitro benzene ring substituents is 1. The van der Waals surface area contributed by atoms with Gasteiger partial charge in [-0.3, -0.25) is 14.9 Å². The lowest BCUT2D eigenvalue weighted by Gasteiger charge is -2.28. The lowest BCUT2D eigenvalue weighted by molar-refractivity contribution is -0.384. The van der Waals surface area contributed by atoms with Crippen LogP contribution in [0, 0.1) is 16.0 Å². The maximum Gasteiger partial charge on any atom is 0.269 e. The van der Waals surface area contributed by atoms with Crippen LogP contribution in [0.2, 0.25) is 0 Å². The monoisotopic (exact) mass is 277 g/mol. The molecule has 0 unspecified atom stereocenters. The highest BCUT2D eigenvalue weighted by atomic mass is 16.6. The fraction of sp³-hybridized carbons (Fsp3) is 0.500. The Morgan fingerprint density at radius 3 is 2.50 bits per heavy atom. The van der Waals surface area contributed by atoms with E-state index in [1.54, 1.807) is 0 Å². The van der Waals surface area contributed by atoms with E-state index in [4.69, 9.17) is 0 Å². The normalized spacial score (nSPS) is 16.9. The van der Waals surface area contributed by atoms with E-state index in [0.29, 0.717) is 18.0 Å². The zero-order valence-corrected chi connectivity index (χ0v) is 11.5. The van der Waals surface area contributed by atoms with E-state index in [2.05, 4.69) is 17.3 Å². The van der Waals surface area contributed by atoms with Gasteiger partial charge in [-0.05, 0) is 51.0 Å². The van der Waals surface area contributed by atoms with Crippen LogP contribution in [0.25, 0.3) is 0 Å². The quantitative estimate of drug-likeness (QED) is 0.671. The molecule has 1 N–H and O–H groups in total. The predicted molar refractivity (Wildman–Crippen MR) is 75.7 cm³/mol. The summed E-state index contributed by atoms with van der Waals surface area (Å²) in [4.78, 5) is 24.3. The third-order valence-corrected chi connectivity index (χ3v) is 3.73.